The number of carbonyl (C=O) groups is 1. The van der Waals surface area contributed by atoms with Crippen LogP contribution in [0.15, 0.2) is 0 Å². The highest BCUT2D eigenvalue weighted by Crippen LogP contribution is 2.32. The van der Waals surface area contributed by atoms with Crippen LogP contribution in [0, 0.1) is 0 Å². The predicted octanol–water partition coefficient (Wildman–Crippen LogP) is 0.132. The van der Waals surface area contributed by atoms with Crippen molar-refractivity contribution in [1.82, 2.24) is 4.90 Å². The Morgan fingerprint density at radius 2 is 2.24 bits per heavy atom. The molecule has 0 aromatic carbocycles. The van der Waals surface area contributed by atoms with E-state index < -0.39 is 5.54 Å². The highest BCUT2D eigenvalue weighted by molar-refractivity contribution is 5.81. The molecule has 0 aromatic heterocycles. The molecule has 1 aliphatic heterocycles. The molecule has 1 aliphatic carbocycles. The molecule has 5 heteroatoms. The van der Waals surface area contributed by atoms with Crippen LogP contribution in [0.25, 0.3) is 0 Å². The van der Waals surface area contributed by atoms with E-state index in [1.165, 1.54) is 0 Å². The van der Waals surface area contributed by atoms with Crippen LogP contribution >= 0.6 is 0 Å². The third kappa shape index (κ3) is 2.78. The van der Waals surface area contributed by atoms with Gasteiger partial charge < -0.3 is 15.2 Å². The lowest BCUT2D eigenvalue weighted by Gasteiger charge is -2.33. The third-order valence-electron chi connectivity index (χ3n) is 3.77. The van der Waals surface area contributed by atoms with Gasteiger partial charge in [0.15, 0.2) is 0 Å². The maximum absolute atomic E-state index is 11.8. The first-order valence-electron chi connectivity index (χ1n) is 6.43. The molecule has 2 fully saturated rings. The van der Waals surface area contributed by atoms with Crippen LogP contribution in [0.1, 0.15) is 26.2 Å². The van der Waals surface area contributed by atoms with Crippen molar-refractivity contribution in [1.29, 1.82) is 0 Å². The molecule has 0 amide bonds. The normalized spacial score (nSPS) is 34.8. The summed E-state index contributed by atoms with van der Waals surface area (Å²) in [6.07, 6.45) is 2.43. The van der Waals surface area contributed by atoms with Crippen LogP contribution in [0.3, 0.4) is 0 Å². The minimum Gasteiger partial charge on any atom is -0.465 e. The Hall–Kier alpha value is -0.650. The van der Waals surface area contributed by atoms with Crippen molar-refractivity contribution < 1.29 is 14.3 Å². The average molecular weight is 242 g/mol. The van der Waals surface area contributed by atoms with E-state index in [1.54, 1.807) is 0 Å². The van der Waals surface area contributed by atoms with E-state index in [1.807, 2.05) is 6.92 Å². The average Bonchev–Trinajstić information content (AvgIpc) is 2.75. The quantitative estimate of drug-likeness (QED) is 0.713. The molecule has 0 radical (unpaired) electrons. The van der Waals surface area contributed by atoms with Gasteiger partial charge >= 0.3 is 5.97 Å². The monoisotopic (exact) mass is 242 g/mol. The molecule has 1 saturated heterocycles. The molecule has 2 atom stereocenters. The maximum atomic E-state index is 11.8. The summed E-state index contributed by atoms with van der Waals surface area (Å²) in [4.78, 5) is 14.2. The standard InChI is InChI=1S/C12H22N2O3/c1-2-17-11(15)12(13)4-3-10(9-12)14-5-7-16-8-6-14/h10H,2-9,13H2,1H3. The van der Waals surface area contributed by atoms with Crippen molar-refractivity contribution in [2.75, 3.05) is 32.9 Å². The van der Waals surface area contributed by atoms with Crippen LogP contribution < -0.4 is 5.73 Å². The molecular formula is C12H22N2O3. The van der Waals surface area contributed by atoms with Crippen molar-refractivity contribution in [2.45, 2.75) is 37.8 Å². The Labute approximate surface area is 102 Å². The molecule has 0 aromatic rings. The van der Waals surface area contributed by atoms with E-state index >= 15 is 0 Å². The zero-order chi connectivity index (χ0) is 12.3. The van der Waals surface area contributed by atoms with Gasteiger partial charge in [-0.1, -0.05) is 0 Å². The molecule has 0 spiro atoms. The molecule has 1 saturated carbocycles. The summed E-state index contributed by atoms with van der Waals surface area (Å²) in [5, 5.41) is 0. The van der Waals surface area contributed by atoms with Gasteiger partial charge in [-0.15, -0.1) is 0 Å². The molecule has 2 aliphatic rings. The first-order chi connectivity index (χ1) is 8.15. The van der Waals surface area contributed by atoms with Gasteiger partial charge in [0, 0.05) is 19.1 Å². The van der Waals surface area contributed by atoms with Crippen LogP contribution in [-0.2, 0) is 14.3 Å². The molecular weight excluding hydrogens is 220 g/mol. The van der Waals surface area contributed by atoms with Gasteiger partial charge in [0.05, 0.1) is 19.8 Å². The lowest BCUT2D eigenvalue weighted by atomic mass is 9.99. The SMILES string of the molecule is CCOC(=O)C1(N)CCC(N2CCOCC2)C1. The summed E-state index contributed by atoms with van der Waals surface area (Å²) in [6.45, 7) is 5.68. The second kappa shape index (κ2) is 5.33. The Morgan fingerprint density at radius 3 is 2.88 bits per heavy atom. The molecule has 2 rings (SSSR count). The van der Waals surface area contributed by atoms with Gasteiger partial charge in [-0.3, -0.25) is 9.69 Å². The fraction of sp³-hybridized carbons (Fsp3) is 0.917. The zero-order valence-electron chi connectivity index (χ0n) is 10.5. The third-order valence-corrected chi connectivity index (χ3v) is 3.77. The van der Waals surface area contributed by atoms with Crippen molar-refractivity contribution in [2.24, 2.45) is 5.73 Å². The van der Waals surface area contributed by atoms with E-state index in [-0.39, 0.29) is 5.97 Å². The van der Waals surface area contributed by atoms with Gasteiger partial charge in [0.1, 0.15) is 5.54 Å². The van der Waals surface area contributed by atoms with E-state index in [9.17, 15) is 4.79 Å². The number of hydrogen-bond acceptors (Lipinski definition) is 5. The van der Waals surface area contributed by atoms with Crippen LogP contribution in [0.4, 0.5) is 0 Å². The van der Waals surface area contributed by atoms with Gasteiger partial charge in [0.2, 0.25) is 0 Å². The number of hydrogen-bond donors (Lipinski definition) is 1. The topological polar surface area (TPSA) is 64.8 Å². The van der Waals surface area contributed by atoms with Crippen LogP contribution in [0.2, 0.25) is 0 Å². The van der Waals surface area contributed by atoms with Crippen molar-refractivity contribution in [3.05, 3.63) is 0 Å². The number of morpholine rings is 1. The van der Waals surface area contributed by atoms with Crippen LogP contribution in [-0.4, -0.2) is 55.4 Å². The first-order valence-corrected chi connectivity index (χ1v) is 6.43. The Morgan fingerprint density at radius 1 is 1.53 bits per heavy atom. The maximum Gasteiger partial charge on any atom is 0.326 e. The molecule has 2 unspecified atom stereocenters. The summed E-state index contributed by atoms with van der Waals surface area (Å²) < 4.78 is 10.4. The summed E-state index contributed by atoms with van der Waals surface area (Å²) in [6, 6.07) is 0.410. The van der Waals surface area contributed by atoms with Crippen molar-refractivity contribution in [3.8, 4) is 0 Å². The lowest BCUT2D eigenvalue weighted by molar-refractivity contribution is -0.149. The molecule has 2 N–H and O–H groups in total. The smallest absolute Gasteiger partial charge is 0.326 e. The number of ether oxygens (including phenoxy) is 2. The Kier molecular flexibility index (Phi) is 4.01. The predicted molar refractivity (Wildman–Crippen MR) is 63.6 cm³/mol. The molecule has 17 heavy (non-hydrogen) atoms. The number of rotatable bonds is 3. The largest absolute Gasteiger partial charge is 0.465 e. The summed E-state index contributed by atoms with van der Waals surface area (Å²) in [5.41, 5.74) is 5.39. The second-order valence-corrected chi connectivity index (χ2v) is 4.92. The first kappa shape index (κ1) is 12.8. The minimum absolute atomic E-state index is 0.240. The van der Waals surface area contributed by atoms with Gasteiger partial charge in [-0.2, -0.15) is 0 Å². The van der Waals surface area contributed by atoms with Gasteiger partial charge in [0.25, 0.3) is 0 Å². The minimum atomic E-state index is -0.765. The van der Waals surface area contributed by atoms with Crippen LogP contribution in [0.5, 0.6) is 0 Å². The Balaban J connectivity index is 1.91. The highest BCUT2D eigenvalue weighted by Gasteiger charge is 2.45. The van der Waals surface area contributed by atoms with E-state index in [2.05, 4.69) is 4.90 Å². The van der Waals surface area contributed by atoms with E-state index in [0.29, 0.717) is 19.1 Å². The molecule has 0 bridgehead atoms. The zero-order valence-corrected chi connectivity index (χ0v) is 10.5. The molecule has 5 nitrogen and oxygen atoms in total. The second-order valence-electron chi connectivity index (χ2n) is 4.92. The van der Waals surface area contributed by atoms with E-state index in [4.69, 9.17) is 15.2 Å². The van der Waals surface area contributed by atoms with Crippen molar-refractivity contribution in [3.63, 3.8) is 0 Å². The fourth-order valence-corrected chi connectivity index (χ4v) is 2.76. The number of nitrogens with two attached hydrogens (primary N) is 1. The van der Waals surface area contributed by atoms with Gasteiger partial charge in [-0.05, 0) is 26.2 Å². The summed E-state index contributed by atoms with van der Waals surface area (Å²) >= 11 is 0. The van der Waals surface area contributed by atoms with E-state index in [0.717, 1.165) is 39.1 Å². The molecule has 98 valence electrons. The number of nitrogens with zero attached hydrogens (tertiary/aromatic N) is 1. The Bertz CT molecular complexity index is 279. The van der Waals surface area contributed by atoms with Gasteiger partial charge in [-0.25, -0.2) is 0 Å². The lowest BCUT2D eigenvalue weighted by Crippen LogP contribution is -2.49. The number of carbonyl (C=O) groups excluding carboxylic acids is 1. The molecule has 1 heterocycles. The van der Waals surface area contributed by atoms with Crippen molar-refractivity contribution >= 4 is 5.97 Å². The highest BCUT2D eigenvalue weighted by atomic mass is 16.5. The number of esters is 1. The summed E-state index contributed by atoms with van der Waals surface area (Å²) in [5.74, 6) is -0.240. The summed E-state index contributed by atoms with van der Waals surface area (Å²) in [7, 11) is 0. The fourth-order valence-electron chi connectivity index (χ4n) is 2.76.